The molecule has 2 heterocycles. The van der Waals surface area contributed by atoms with Crippen molar-refractivity contribution < 1.29 is 22.7 Å². The average molecular weight is 426 g/mol. The maximum absolute atomic E-state index is 12.8. The molecule has 1 aromatic heterocycles. The van der Waals surface area contributed by atoms with Crippen molar-refractivity contribution in [1.29, 1.82) is 0 Å². The highest BCUT2D eigenvalue weighted by Crippen LogP contribution is 2.31. The molecule has 0 fully saturated rings. The number of rotatable bonds is 6. The lowest BCUT2D eigenvalue weighted by Gasteiger charge is -2.27. The highest BCUT2D eigenvalue weighted by Gasteiger charge is 2.26. The van der Waals surface area contributed by atoms with E-state index in [1.54, 1.807) is 24.3 Å². The maximum Gasteiger partial charge on any atom is 0.185 e. The zero-order chi connectivity index (χ0) is 21.3. The fourth-order valence-corrected chi connectivity index (χ4v) is 4.92. The number of carbonyl (C=O) groups is 1. The van der Waals surface area contributed by atoms with Crippen LogP contribution < -0.4 is 9.47 Å². The predicted molar refractivity (Wildman–Crippen MR) is 113 cm³/mol. The van der Waals surface area contributed by atoms with Gasteiger partial charge in [-0.1, -0.05) is 30.3 Å². The van der Waals surface area contributed by atoms with Crippen LogP contribution in [0.4, 0.5) is 0 Å². The first-order chi connectivity index (χ1) is 14.3. The van der Waals surface area contributed by atoms with Crippen LogP contribution in [0.5, 0.6) is 11.5 Å². The van der Waals surface area contributed by atoms with Crippen LogP contribution in [0, 0.1) is 13.8 Å². The standard InChI is InChI=1S/C23H23NO5S/c1-16-12-20(21(25)15-30(26,27)19-8-4-3-5-9-19)17(2)24(16)13-18-14-28-22-10-6-7-11-23(22)29-18/h3-12,18H,13-15H2,1-2H3. The number of ether oxygens (including phenoxy) is 2. The summed E-state index contributed by atoms with van der Waals surface area (Å²) in [4.78, 5) is 13.0. The molecule has 0 saturated heterocycles. The van der Waals surface area contributed by atoms with Gasteiger partial charge in [-0.25, -0.2) is 8.42 Å². The van der Waals surface area contributed by atoms with Crippen molar-refractivity contribution in [2.24, 2.45) is 0 Å². The summed E-state index contributed by atoms with van der Waals surface area (Å²) >= 11 is 0. The Balaban J connectivity index is 1.52. The molecule has 0 spiro atoms. The Morgan fingerprint density at radius 3 is 2.43 bits per heavy atom. The highest BCUT2D eigenvalue weighted by molar-refractivity contribution is 7.92. The number of fused-ring (bicyclic) bond motifs is 1. The lowest BCUT2D eigenvalue weighted by atomic mass is 10.2. The van der Waals surface area contributed by atoms with Crippen molar-refractivity contribution in [1.82, 2.24) is 4.57 Å². The molecule has 30 heavy (non-hydrogen) atoms. The van der Waals surface area contributed by atoms with Crippen molar-refractivity contribution in [2.75, 3.05) is 12.4 Å². The van der Waals surface area contributed by atoms with Crippen LogP contribution in [0.1, 0.15) is 21.7 Å². The van der Waals surface area contributed by atoms with Crippen molar-refractivity contribution in [3.05, 3.63) is 77.6 Å². The molecule has 3 aromatic rings. The number of sulfone groups is 1. The Bertz CT molecular complexity index is 1180. The number of Topliss-reactive ketones (excluding diaryl/α,β-unsaturated/α-hetero) is 1. The second-order valence-corrected chi connectivity index (χ2v) is 9.38. The molecule has 1 aliphatic heterocycles. The van der Waals surface area contributed by atoms with E-state index in [-0.39, 0.29) is 11.0 Å². The SMILES string of the molecule is Cc1cc(C(=O)CS(=O)(=O)c2ccccc2)c(C)n1CC1COc2ccccc2O1. The minimum absolute atomic E-state index is 0.151. The van der Waals surface area contributed by atoms with E-state index >= 15 is 0 Å². The van der Waals surface area contributed by atoms with Gasteiger partial charge in [0.15, 0.2) is 33.2 Å². The number of ketones is 1. The number of benzene rings is 2. The van der Waals surface area contributed by atoms with Crippen LogP contribution in [0.2, 0.25) is 0 Å². The summed E-state index contributed by atoms with van der Waals surface area (Å²) in [5.41, 5.74) is 2.02. The molecule has 2 aromatic carbocycles. The number of aromatic nitrogens is 1. The molecule has 0 aliphatic carbocycles. The van der Waals surface area contributed by atoms with Gasteiger partial charge in [-0.05, 0) is 44.2 Å². The molecular weight excluding hydrogens is 402 g/mol. The monoisotopic (exact) mass is 425 g/mol. The molecule has 0 N–H and O–H groups in total. The van der Waals surface area contributed by atoms with Crippen molar-refractivity contribution >= 4 is 15.6 Å². The van der Waals surface area contributed by atoms with Crippen LogP contribution in [-0.2, 0) is 16.4 Å². The lowest BCUT2D eigenvalue weighted by molar-refractivity contribution is 0.0777. The summed E-state index contributed by atoms with van der Waals surface area (Å²) < 4.78 is 39.0. The van der Waals surface area contributed by atoms with Crippen LogP contribution >= 0.6 is 0 Å². The van der Waals surface area contributed by atoms with Crippen molar-refractivity contribution in [2.45, 2.75) is 31.4 Å². The van der Waals surface area contributed by atoms with Crippen molar-refractivity contribution in [3.63, 3.8) is 0 Å². The second kappa shape index (κ2) is 7.99. The third kappa shape index (κ3) is 3.98. The third-order valence-electron chi connectivity index (χ3n) is 5.25. The summed E-state index contributed by atoms with van der Waals surface area (Å²) in [7, 11) is -3.69. The zero-order valence-corrected chi connectivity index (χ0v) is 17.7. The van der Waals surface area contributed by atoms with Crippen LogP contribution in [0.25, 0.3) is 0 Å². The number of aryl methyl sites for hydroxylation is 1. The van der Waals surface area contributed by atoms with Gasteiger partial charge in [0.1, 0.15) is 12.4 Å². The quantitative estimate of drug-likeness (QED) is 0.564. The molecule has 0 saturated carbocycles. The second-order valence-electron chi connectivity index (χ2n) is 7.39. The summed E-state index contributed by atoms with van der Waals surface area (Å²) in [5, 5.41) is 0. The first kappa shape index (κ1) is 20.2. The lowest BCUT2D eigenvalue weighted by Crippen LogP contribution is -2.33. The van der Waals surface area contributed by atoms with E-state index in [0.717, 1.165) is 17.1 Å². The average Bonchev–Trinajstić information content (AvgIpc) is 3.02. The van der Waals surface area contributed by atoms with Gasteiger partial charge in [-0.2, -0.15) is 0 Å². The minimum atomic E-state index is -3.69. The van der Waals surface area contributed by atoms with Gasteiger partial charge in [-0.15, -0.1) is 0 Å². The Morgan fingerprint density at radius 2 is 1.70 bits per heavy atom. The van der Waals surface area contributed by atoms with E-state index in [4.69, 9.17) is 9.47 Å². The molecule has 4 rings (SSSR count). The van der Waals surface area contributed by atoms with E-state index in [0.29, 0.717) is 24.5 Å². The number of para-hydroxylation sites is 2. The van der Waals surface area contributed by atoms with E-state index < -0.39 is 21.4 Å². The fourth-order valence-electron chi connectivity index (χ4n) is 3.68. The molecule has 7 heteroatoms. The predicted octanol–water partition coefficient (Wildman–Crippen LogP) is 3.60. The molecule has 1 aliphatic rings. The molecule has 0 amide bonds. The Morgan fingerprint density at radius 1 is 1.03 bits per heavy atom. The number of hydrogen-bond acceptors (Lipinski definition) is 5. The van der Waals surface area contributed by atoms with Crippen LogP contribution in [-0.4, -0.2) is 37.2 Å². The zero-order valence-electron chi connectivity index (χ0n) is 16.9. The fraction of sp³-hybridized carbons (Fsp3) is 0.261. The van der Waals surface area contributed by atoms with Gasteiger partial charge in [-0.3, -0.25) is 4.79 Å². The smallest absolute Gasteiger partial charge is 0.185 e. The van der Waals surface area contributed by atoms with Gasteiger partial charge in [0, 0.05) is 17.0 Å². The Hall–Kier alpha value is -3.06. The molecule has 0 bridgehead atoms. The summed E-state index contributed by atoms with van der Waals surface area (Å²) in [6, 6.07) is 17.3. The number of hydrogen-bond donors (Lipinski definition) is 0. The Labute approximate surface area is 176 Å². The summed E-state index contributed by atoms with van der Waals surface area (Å²) in [5.74, 6) is 0.445. The molecule has 156 valence electrons. The van der Waals surface area contributed by atoms with Gasteiger partial charge in [0.25, 0.3) is 0 Å². The third-order valence-corrected chi connectivity index (χ3v) is 6.88. The van der Waals surface area contributed by atoms with Crippen molar-refractivity contribution in [3.8, 4) is 11.5 Å². The van der Waals surface area contributed by atoms with Gasteiger partial charge in [0.05, 0.1) is 11.4 Å². The van der Waals surface area contributed by atoms with E-state index in [9.17, 15) is 13.2 Å². The van der Waals surface area contributed by atoms with E-state index in [1.807, 2.05) is 42.7 Å². The number of carbonyl (C=O) groups excluding carboxylic acids is 1. The molecule has 1 unspecified atom stereocenters. The van der Waals surface area contributed by atoms with Crippen LogP contribution in [0.15, 0.2) is 65.6 Å². The molecular formula is C23H23NO5S. The molecule has 6 nitrogen and oxygen atoms in total. The topological polar surface area (TPSA) is 74.6 Å². The first-order valence-corrected chi connectivity index (χ1v) is 11.4. The highest BCUT2D eigenvalue weighted by atomic mass is 32.2. The number of nitrogens with zero attached hydrogens (tertiary/aromatic N) is 1. The summed E-state index contributed by atoms with van der Waals surface area (Å²) in [6.07, 6.45) is -0.208. The van der Waals surface area contributed by atoms with E-state index in [2.05, 4.69) is 0 Å². The van der Waals surface area contributed by atoms with E-state index in [1.165, 1.54) is 12.1 Å². The first-order valence-electron chi connectivity index (χ1n) is 9.71. The van der Waals surface area contributed by atoms with Gasteiger partial charge < -0.3 is 14.0 Å². The van der Waals surface area contributed by atoms with Crippen LogP contribution in [0.3, 0.4) is 0 Å². The normalized spacial score (nSPS) is 15.7. The molecule has 1 atom stereocenters. The summed E-state index contributed by atoms with van der Waals surface area (Å²) in [6.45, 7) is 4.63. The molecule has 0 radical (unpaired) electrons. The van der Waals surface area contributed by atoms with Gasteiger partial charge in [0.2, 0.25) is 0 Å². The largest absolute Gasteiger partial charge is 0.486 e. The minimum Gasteiger partial charge on any atom is -0.486 e. The van der Waals surface area contributed by atoms with Gasteiger partial charge >= 0.3 is 0 Å². The Kier molecular flexibility index (Phi) is 5.39. The maximum atomic E-state index is 12.8.